The second-order valence-electron chi connectivity index (χ2n) is 7.31. The number of ether oxygens (including phenoxy) is 1. The van der Waals surface area contributed by atoms with E-state index in [-0.39, 0.29) is 29.3 Å². The first kappa shape index (κ1) is 20.7. The van der Waals surface area contributed by atoms with E-state index in [9.17, 15) is 22.8 Å². The van der Waals surface area contributed by atoms with Crippen molar-refractivity contribution in [2.24, 2.45) is 13.0 Å². The number of hydrogen-bond donors (Lipinski definition) is 1. The van der Waals surface area contributed by atoms with Crippen LogP contribution in [-0.4, -0.2) is 25.5 Å². The normalized spacial score (nSPS) is 16.2. The minimum Gasteiger partial charge on any atom is -0.406 e. The van der Waals surface area contributed by atoms with Gasteiger partial charge in [-0.1, -0.05) is 36.4 Å². The average Bonchev–Trinajstić information content (AvgIpc) is 3.04. The Labute approximate surface area is 174 Å². The van der Waals surface area contributed by atoms with Gasteiger partial charge >= 0.3 is 12.1 Å². The minimum atomic E-state index is -4.79. The van der Waals surface area contributed by atoms with Crippen LogP contribution < -0.4 is 16.0 Å². The fourth-order valence-corrected chi connectivity index (χ4v) is 3.65. The summed E-state index contributed by atoms with van der Waals surface area (Å²) in [7, 11) is 1.50. The maximum Gasteiger partial charge on any atom is 0.573 e. The van der Waals surface area contributed by atoms with Crippen molar-refractivity contribution in [3.63, 3.8) is 0 Å². The van der Waals surface area contributed by atoms with Crippen molar-refractivity contribution in [2.45, 2.75) is 25.7 Å². The number of fused-ring (bicyclic) bond motifs is 1. The number of H-pyrrole nitrogens is 1. The third kappa shape index (κ3) is 4.47. The summed E-state index contributed by atoms with van der Waals surface area (Å²) in [5.74, 6) is 0.241. The molecule has 0 spiro atoms. The first-order valence-electron chi connectivity index (χ1n) is 9.58. The molecule has 1 aromatic carbocycles. The molecule has 3 aromatic rings. The Morgan fingerprint density at radius 2 is 2.06 bits per heavy atom. The Balaban J connectivity index is 1.78. The number of nitrogens with one attached hydrogen (secondary N) is 1. The maximum absolute atomic E-state index is 12.6. The zero-order valence-electron chi connectivity index (χ0n) is 16.5. The van der Waals surface area contributed by atoms with Crippen molar-refractivity contribution in [3.8, 4) is 5.75 Å². The quantitative estimate of drug-likeness (QED) is 0.672. The zero-order valence-corrected chi connectivity index (χ0v) is 16.5. The second kappa shape index (κ2) is 7.93. The fourth-order valence-electron chi connectivity index (χ4n) is 3.65. The van der Waals surface area contributed by atoms with Crippen LogP contribution in [0, 0.1) is 5.92 Å². The lowest BCUT2D eigenvalue weighted by Gasteiger charge is -2.16. The number of aromatic amines is 1. The summed E-state index contributed by atoms with van der Waals surface area (Å²) in [5.41, 5.74) is -0.139. The number of alkyl halides is 3. The van der Waals surface area contributed by atoms with E-state index < -0.39 is 17.6 Å². The molecule has 0 saturated carbocycles. The molecule has 2 heterocycles. The highest BCUT2D eigenvalue weighted by Gasteiger charge is 2.31. The van der Waals surface area contributed by atoms with E-state index in [4.69, 9.17) is 0 Å². The van der Waals surface area contributed by atoms with Gasteiger partial charge in [0.15, 0.2) is 11.2 Å². The maximum atomic E-state index is 12.6. The van der Waals surface area contributed by atoms with Crippen LogP contribution in [0.5, 0.6) is 5.75 Å². The lowest BCUT2D eigenvalue weighted by atomic mass is 10.0. The van der Waals surface area contributed by atoms with Crippen molar-refractivity contribution in [1.29, 1.82) is 0 Å². The SMILES string of the molecule is Cn1c(=O)[nH]c(=O)c2c1nc(Cc1cccc(OC(F)(F)F)c1)n2CC1C=CC=CC1. The van der Waals surface area contributed by atoms with Gasteiger partial charge in [-0.05, 0) is 30.0 Å². The van der Waals surface area contributed by atoms with Crippen LogP contribution in [0.3, 0.4) is 0 Å². The smallest absolute Gasteiger partial charge is 0.406 e. The lowest BCUT2D eigenvalue weighted by Crippen LogP contribution is -2.29. The monoisotopic (exact) mass is 432 g/mol. The Kier molecular flexibility index (Phi) is 5.30. The molecular weight excluding hydrogens is 413 g/mol. The van der Waals surface area contributed by atoms with Crippen LogP contribution in [0.25, 0.3) is 11.2 Å². The predicted octanol–water partition coefficient (Wildman–Crippen LogP) is 3.05. The number of hydrogen-bond acceptors (Lipinski definition) is 4. The van der Waals surface area contributed by atoms with Crippen LogP contribution in [0.2, 0.25) is 0 Å². The number of benzene rings is 1. The van der Waals surface area contributed by atoms with Crippen molar-refractivity contribution in [1.82, 2.24) is 19.1 Å². The molecule has 162 valence electrons. The van der Waals surface area contributed by atoms with E-state index >= 15 is 0 Å². The molecule has 0 bridgehead atoms. The summed E-state index contributed by atoms with van der Waals surface area (Å²) in [6.07, 6.45) is 4.03. The van der Waals surface area contributed by atoms with Crippen LogP contribution in [-0.2, 0) is 20.0 Å². The van der Waals surface area contributed by atoms with Crippen molar-refractivity contribution < 1.29 is 17.9 Å². The molecule has 1 atom stereocenters. The van der Waals surface area contributed by atoms with Gasteiger partial charge in [-0.2, -0.15) is 0 Å². The highest BCUT2D eigenvalue weighted by Crippen LogP contribution is 2.25. The average molecular weight is 432 g/mol. The van der Waals surface area contributed by atoms with Gasteiger partial charge < -0.3 is 9.30 Å². The molecule has 10 heteroatoms. The Morgan fingerprint density at radius 1 is 1.26 bits per heavy atom. The van der Waals surface area contributed by atoms with Crippen molar-refractivity contribution >= 4 is 11.2 Å². The summed E-state index contributed by atoms with van der Waals surface area (Å²) in [5, 5.41) is 0. The molecule has 4 rings (SSSR count). The number of allylic oxidation sites excluding steroid dienone is 4. The molecule has 0 amide bonds. The molecule has 2 aromatic heterocycles. The van der Waals surface area contributed by atoms with Crippen molar-refractivity contribution in [2.75, 3.05) is 0 Å². The number of nitrogens with zero attached hydrogens (tertiary/aromatic N) is 3. The number of aryl methyl sites for hydroxylation is 1. The summed E-state index contributed by atoms with van der Waals surface area (Å²) >= 11 is 0. The highest BCUT2D eigenvalue weighted by atomic mass is 19.4. The second-order valence-corrected chi connectivity index (χ2v) is 7.31. The summed E-state index contributed by atoms with van der Waals surface area (Å²) in [4.78, 5) is 31.4. The largest absolute Gasteiger partial charge is 0.573 e. The van der Waals surface area contributed by atoms with Gasteiger partial charge in [0.1, 0.15) is 11.6 Å². The summed E-state index contributed by atoms with van der Waals surface area (Å²) < 4.78 is 44.7. The summed E-state index contributed by atoms with van der Waals surface area (Å²) in [6, 6.07) is 5.61. The molecule has 1 aliphatic carbocycles. The third-order valence-corrected chi connectivity index (χ3v) is 5.07. The Hall–Kier alpha value is -3.56. The standard InChI is InChI=1S/C21H19F3N4O3/c1-27-18-17(19(29)26-20(27)30)28(12-13-6-3-2-4-7-13)16(25-18)11-14-8-5-9-15(10-14)31-21(22,23)24/h2-6,8-10,13H,7,11-12H2,1H3,(H,26,29,30). The van der Waals surface area contributed by atoms with Crippen LogP contribution in [0.1, 0.15) is 17.8 Å². The number of halogens is 3. The van der Waals surface area contributed by atoms with E-state index in [1.165, 1.54) is 29.8 Å². The van der Waals surface area contributed by atoms with Crippen molar-refractivity contribution in [3.05, 3.63) is 80.8 Å². The Bertz CT molecular complexity index is 1300. The number of aromatic nitrogens is 4. The Morgan fingerprint density at radius 3 is 2.77 bits per heavy atom. The van der Waals surface area contributed by atoms with E-state index in [0.717, 1.165) is 6.42 Å². The molecule has 31 heavy (non-hydrogen) atoms. The third-order valence-electron chi connectivity index (χ3n) is 5.07. The van der Waals surface area contributed by atoms with Gasteiger partial charge in [0.05, 0.1) is 0 Å². The predicted molar refractivity (Wildman–Crippen MR) is 108 cm³/mol. The summed E-state index contributed by atoms with van der Waals surface area (Å²) in [6.45, 7) is 0.437. The molecular formula is C21H19F3N4O3. The van der Waals surface area contributed by atoms with Gasteiger partial charge in [-0.15, -0.1) is 13.2 Å². The van der Waals surface area contributed by atoms with Gasteiger partial charge in [-0.3, -0.25) is 14.3 Å². The first-order valence-corrected chi connectivity index (χ1v) is 9.58. The molecule has 0 radical (unpaired) electrons. The van der Waals surface area contributed by atoms with Gasteiger partial charge in [-0.25, -0.2) is 9.78 Å². The molecule has 1 unspecified atom stereocenters. The fraction of sp³-hybridized carbons (Fsp3) is 0.286. The molecule has 1 N–H and O–H groups in total. The molecule has 0 saturated heterocycles. The van der Waals surface area contributed by atoms with Gasteiger partial charge in [0.25, 0.3) is 5.56 Å². The van der Waals surface area contributed by atoms with E-state index in [1.54, 1.807) is 10.6 Å². The lowest BCUT2D eigenvalue weighted by molar-refractivity contribution is -0.274. The van der Waals surface area contributed by atoms with Crippen LogP contribution in [0.4, 0.5) is 13.2 Å². The van der Waals surface area contributed by atoms with E-state index in [0.29, 0.717) is 17.9 Å². The number of imidazole rings is 1. The molecule has 7 nitrogen and oxygen atoms in total. The molecule has 0 aliphatic heterocycles. The topological polar surface area (TPSA) is 81.9 Å². The zero-order chi connectivity index (χ0) is 22.2. The first-order chi connectivity index (χ1) is 14.7. The minimum absolute atomic E-state index is 0.109. The van der Waals surface area contributed by atoms with Crippen LogP contribution in [0.15, 0.2) is 58.2 Å². The van der Waals surface area contributed by atoms with Crippen LogP contribution >= 0.6 is 0 Å². The number of rotatable bonds is 5. The van der Waals surface area contributed by atoms with Gasteiger partial charge in [0, 0.05) is 20.0 Å². The van der Waals surface area contributed by atoms with E-state index in [1.807, 2.05) is 24.3 Å². The molecule has 1 aliphatic rings. The van der Waals surface area contributed by atoms with E-state index in [2.05, 4.69) is 14.7 Å². The molecule has 0 fully saturated rings. The van der Waals surface area contributed by atoms with Gasteiger partial charge in [0.2, 0.25) is 0 Å². The highest BCUT2D eigenvalue weighted by molar-refractivity contribution is 5.71.